The third kappa shape index (κ3) is 5.21. The van der Waals surface area contributed by atoms with Crippen molar-refractivity contribution in [1.29, 1.82) is 0 Å². The predicted octanol–water partition coefficient (Wildman–Crippen LogP) is 5.01. The van der Waals surface area contributed by atoms with E-state index in [0.29, 0.717) is 29.6 Å². The molecule has 1 fully saturated rings. The molecule has 0 bridgehead atoms. The van der Waals surface area contributed by atoms with Gasteiger partial charge in [0.15, 0.2) is 0 Å². The average Bonchev–Trinajstić information content (AvgIpc) is 3.00. The van der Waals surface area contributed by atoms with E-state index in [1.165, 1.54) is 31.3 Å². The highest BCUT2D eigenvalue weighted by molar-refractivity contribution is 5.43. The van der Waals surface area contributed by atoms with Gasteiger partial charge in [0, 0.05) is 23.5 Å². The number of rotatable bonds is 5. The molecule has 0 radical (unpaired) electrons. The predicted molar refractivity (Wildman–Crippen MR) is 123 cm³/mol. The molecular weight excluding hydrogens is 372 g/mol. The second kappa shape index (κ2) is 9.19. The zero-order valence-corrected chi connectivity index (χ0v) is 19.6. The van der Waals surface area contributed by atoms with Crippen molar-refractivity contribution in [2.45, 2.75) is 104 Å². The second-order valence-corrected chi connectivity index (χ2v) is 11.2. The summed E-state index contributed by atoms with van der Waals surface area (Å²) in [5.74, 6) is 8.53. The van der Waals surface area contributed by atoms with Crippen LogP contribution in [-0.4, -0.2) is 33.1 Å². The third-order valence-electron chi connectivity index (χ3n) is 8.28. The van der Waals surface area contributed by atoms with Crippen LogP contribution in [0.2, 0.25) is 0 Å². The quantitative estimate of drug-likeness (QED) is 0.554. The molecule has 7 atom stereocenters. The Morgan fingerprint density at radius 1 is 1.23 bits per heavy atom. The van der Waals surface area contributed by atoms with Gasteiger partial charge < -0.3 is 15.3 Å². The number of aliphatic hydroxyl groups is 3. The number of hydrogen-bond donors (Lipinski definition) is 3. The molecule has 0 aromatic heterocycles. The van der Waals surface area contributed by atoms with Crippen molar-refractivity contribution in [3.8, 4) is 11.8 Å². The molecule has 3 heteroatoms. The van der Waals surface area contributed by atoms with Gasteiger partial charge in [0.25, 0.3) is 0 Å². The molecule has 3 nitrogen and oxygen atoms in total. The van der Waals surface area contributed by atoms with Crippen LogP contribution in [0.3, 0.4) is 0 Å². The number of allylic oxidation sites excluding steroid dienone is 2. The SMILES string of the molecule is CC1[C@H](O)C=C(C#CC2=CCC[C@@]3(C)[C@@H]2CC[C@@H]3[C@H](C)CCCC(C)(C)O)C[C@H]1O. The molecule has 3 aliphatic rings. The van der Waals surface area contributed by atoms with Crippen LogP contribution in [0.1, 0.15) is 86.0 Å². The van der Waals surface area contributed by atoms with E-state index in [2.05, 4.69) is 31.8 Å². The topological polar surface area (TPSA) is 60.7 Å². The van der Waals surface area contributed by atoms with Crippen LogP contribution < -0.4 is 0 Å². The summed E-state index contributed by atoms with van der Waals surface area (Å²) in [6, 6.07) is 0. The number of fused-ring (bicyclic) bond motifs is 1. The molecule has 0 saturated heterocycles. The van der Waals surface area contributed by atoms with Crippen LogP contribution in [0.4, 0.5) is 0 Å². The minimum absolute atomic E-state index is 0.124. The van der Waals surface area contributed by atoms with Crippen molar-refractivity contribution in [2.75, 3.05) is 0 Å². The average molecular weight is 415 g/mol. The molecule has 1 saturated carbocycles. The molecule has 0 aliphatic heterocycles. The lowest BCUT2D eigenvalue weighted by Gasteiger charge is -2.42. The van der Waals surface area contributed by atoms with E-state index in [4.69, 9.17) is 0 Å². The molecular formula is C27H42O3. The smallest absolute Gasteiger partial charge is 0.0783 e. The van der Waals surface area contributed by atoms with Crippen LogP contribution in [-0.2, 0) is 0 Å². The van der Waals surface area contributed by atoms with Crippen LogP contribution in [0.5, 0.6) is 0 Å². The minimum Gasteiger partial charge on any atom is -0.392 e. The summed E-state index contributed by atoms with van der Waals surface area (Å²) in [6.45, 7) is 10.6. The highest BCUT2D eigenvalue weighted by Crippen LogP contribution is 2.58. The van der Waals surface area contributed by atoms with Crippen LogP contribution in [0, 0.1) is 40.9 Å². The lowest BCUT2D eigenvalue weighted by atomic mass is 9.62. The number of hydrogen-bond acceptors (Lipinski definition) is 3. The Balaban J connectivity index is 1.68. The molecule has 0 spiro atoms. The van der Waals surface area contributed by atoms with Gasteiger partial charge in [-0.1, -0.05) is 51.5 Å². The van der Waals surface area contributed by atoms with E-state index in [-0.39, 0.29) is 5.92 Å². The van der Waals surface area contributed by atoms with Gasteiger partial charge in [-0.25, -0.2) is 0 Å². The first-order valence-corrected chi connectivity index (χ1v) is 12.0. The van der Waals surface area contributed by atoms with E-state index in [1.54, 1.807) is 0 Å². The highest BCUT2D eigenvalue weighted by Gasteiger charge is 2.50. The minimum atomic E-state index is -0.607. The zero-order chi connectivity index (χ0) is 22.1. The van der Waals surface area contributed by atoms with E-state index in [0.717, 1.165) is 24.8 Å². The highest BCUT2D eigenvalue weighted by atomic mass is 16.3. The van der Waals surface area contributed by atoms with Crippen molar-refractivity contribution < 1.29 is 15.3 Å². The Morgan fingerprint density at radius 2 is 1.97 bits per heavy atom. The summed E-state index contributed by atoms with van der Waals surface area (Å²) < 4.78 is 0. The first kappa shape index (κ1) is 23.6. The van der Waals surface area contributed by atoms with Gasteiger partial charge in [-0.2, -0.15) is 0 Å². The van der Waals surface area contributed by atoms with Gasteiger partial charge in [0.05, 0.1) is 17.8 Å². The summed E-state index contributed by atoms with van der Waals surface area (Å²) in [6.07, 6.45) is 11.5. The van der Waals surface area contributed by atoms with Crippen LogP contribution in [0.25, 0.3) is 0 Å². The Hall–Kier alpha value is -1.08. The fourth-order valence-electron chi connectivity index (χ4n) is 6.26. The summed E-state index contributed by atoms with van der Waals surface area (Å²) in [7, 11) is 0. The maximum Gasteiger partial charge on any atom is 0.0783 e. The van der Waals surface area contributed by atoms with Gasteiger partial charge >= 0.3 is 0 Å². The summed E-state index contributed by atoms with van der Waals surface area (Å²) in [4.78, 5) is 0. The summed E-state index contributed by atoms with van der Waals surface area (Å²) in [5.41, 5.74) is 1.89. The Morgan fingerprint density at radius 3 is 2.63 bits per heavy atom. The molecule has 30 heavy (non-hydrogen) atoms. The van der Waals surface area contributed by atoms with Crippen LogP contribution >= 0.6 is 0 Å². The molecule has 3 aliphatic carbocycles. The van der Waals surface area contributed by atoms with E-state index in [9.17, 15) is 15.3 Å². The van der Waals surface area contributed by atoms with Crippen molar-refractivity contribution in [1.82, 2.24) is 0 Å². The lowest BCUT2D eigenvalue weighted by molar-refractivity contribution is 0.0369. The van der Waals surface area contributed by atoms with Crippen molar-refractivity contribution >= 4 is 0 Å². The summed E-state index contributed by atoms with van der Waals surface area (Å²) in [5, 5.41) is 30.3. The van der Waals surface area contributed by atoms with E-state index in [1.807, 2.05) is 26.8 Å². The molecule has 168 valence electrons. The fraction of sp³-hybridized carbons (Fsp3) is 0.778. The number of aliphatic hydroxyl groups excluding tert-OH is 2. The van der Waals surface area contributed by atoms with E-state index >= 15 is 0 Å². The first-order valence-electron chi connectivity index (χ1n) is 12.0. The molecule has 0 heterocycles. The van der Waals surface area contributed by atoms with Crippen molar-refractivity contribution in [3.05, 3.63) is 23.3 Å². The standard InChI is InChI=1S/C27H42O3/c1-18(8-6-14-26(3,4)30)22-12-13-23-21(9-7-15-27(22,23)5)11-10-20-16-24(28)19(2)25(29)17-20/h9,16,18-19,22-25,28-30H,6-8,12-15,17H2,1-5H3/t18-,19?,22-,23-,24-,25-,27-/m1/s1. The van der Waals surface area contributed by atoms with Gasteiger partial charge in [-0.15, -0.1) is 0 Å². The van der Waals surface area contributed by atoms with E-state index < -0.39 is 17.8 Å². The van der Waals surface area contributed by atoms with Crippen LogP contribution in [0.15, 0.2) is 23.3 Å². The zero-order valence-electron chi connectivity index (χ0n) is 19.6. The molecule has 3 rings (SSSR count). The Kier molecular flexibility index (Phi) is 7.22. The third-order valence-corrected chi connectivity index (χ3v) is 8.28. The molecule has 0 aromatic rings. The Labute approximate surface area is 183 Å². The van der Waals surface area contributed by atoms with Crippen molar-refractivity contribution in [3.63, 3.8) is 0 Å². The van der Waals surface area contributed by atoms with Gasteiger partial charge in [-0.3, -0.25) is 0 Å². The lowest BCUT2D eigenvalue weighted by Crippen LogP contribution is -2.35. The fourth-order valence-corrected chi connectivity index (χ4v) is 6.26. The van der Waals surface area contributed by atoms with Gasteiger partial charge in [0.1, 0.15) is 0 Å². The van der Waals surface area contributed by atoms with Gasteiger partial charge in [0.2, 0.25) is 0 Å². The second-order valence-electron chi connectivity index (χ2n) is 11.2. The first-order chi connectivity index (χ1) is 14.0. The maximum absolute atomic E-state index is 10.2. The molecule has 1 unspecified atom stereocenters. The molecule has 0 aromatic carbocycles. The maximum atomic E-state index is 10.2. The Bertz CT molecular complexity index is 731. The van der Waals surface area contributed by atoms with Gasteiger partial charge in [-0.05, 0) is 75.2 Å². The summed E-state index contributed by atoms with van der Waals surface area (Å²) >= 11 is 0. The largest absolute Gasteiger partial charge is 0.392 e. The van der Waals surface area contributed by atoms with Crippen molar-refractivity contribution in [2.24, 2.45) is 29.1 Å². The molecule has 3 N–H and O–H groups in total. The normalized spacial score (nSPS) is 37.5. The monoisotopic (exact) mass is 414 g/mol. The molecule has 0 amide bonds.